The number of nitrogens with one attached hydrogen (secondary N) is 1. The summed E-state index contributed by atoms with van der Waals surface area (Å²) in [6.45, 7) is 3.95. The van der Waals surface area contributed by atoms with Gasteiger partial charge in [-0.25, -0.2) is 4.99 Å². The summed E-state index contributed by atoms with van der Waals surface area (Å²) in [6.07, 6.45) is 0. The third-order valence-electron chi connectivity index (χ3n) is 4.99. The quantitative estimate of drug-likeness (QED) is 0.725. The first kappa shape index (κ1) is 18.6. The maximum absolute atomic E-state index is 13.1. The van der Waals surface area contributed by atoms with Crippen LogP contribution >= 0.6 is 0 Å². The van der Waals surface area contributed by atoms with Gasteiger partial charge < -0.3 is 5.32 Å². The molecular formula is C24H21N3O2. The van der Waals surface area contributed by atoms with Crippen LogP contribution in [0.3, 0.4) is 0 Å². The van der Waals surface area contributed by atoms with Gasteiger partial charge in [-0.2, -0.15) is 0 Å². The van der Waals surface area contributed by atoms with Gasteiger partial charge in [0.1, 0.15) is 12.3 Å². The lowest BCUT2D eigenvalue weighted by molar-refractivity contribution is -0.118. The van der Waals surface area contributed by atoms with Crippen molar-refractivity contribution >= 4 is 34.6 Å². The fraction of sp³-hybridized carbons (Fsp3) is 0.125. The summed E-state index contributed by atoms with van der Waals surface area (Å²) in [4.78, 5) is 31.7. The molecule has 5 nitrogen and oxygen atoms in total. The van der Waals surface area contributed by atoms with Crippen molar-refractivity contribution < 1.29 is 9.59 Å². The molecule has 0 spiro atoms. The summed E-state index contributed by atoms with van der Waals surface area (Å²) >= 11 is 0. The van der Waals surface area contributed by atoms with E-state index in [4.69, 9.17) is 0 Å². The number of nitrogens with zero attached hydrogens (tertiary/aromatic N) is 2. The highest BCUT2D eigenvalue weighted by atomic mass is 16.2. The van der Waals surface area contributed by atoms with Gasteiger partial charge in [0.05, 0.1) is 11.4 Å². The SMILES string of the molecule is Cc1ccc(NC(=O)CN2C(=O)C(=Nc3ccccc3)c3ccccc32)cc1C. The summed E-state index contributed by atoms with van der Waals surface area (Å²) in [5, 5.41) is 2.88. The highest BCUT2D eigenvalue weighted by molar-refractivity contribution is 6.55. The molecule has 0 unspecified atom stereocenters. The zero-order valence-electron chi connectivity index (χ0n) is 16.3. The molecule has 1 aliphatic rings. The first-order chi connectivity index (χ1) is 14.0. The molecule has 0 aliphatic carbocycles. The van der Waals surface area contributed by atoms with E-state index in [1.807, 2.05) is 86.6 Å². The Kier molecular flexibility index (Phi) is 4.96. The number of rotatable bonds is 4. The molecular weight excluding hydrogens is 362 g/mol. The standard InChI is InChI=1S/C24H21N3O2/c1-16-12-13-19(14-17(16)2)25-22(28)15-27-21-11-7-6-10-20(21)23(24(27)29)26-18-8-4-3-5-9-18/h3-14H,15H2,1-2H3,(H,25,28). The van der Waals surface area contributed by atoms with Crippen molar-refractivity contribution in [3.63, 3.8) is 0 Å². The van der Waals surface area contributed by atoms with Gasteiger partial charge in [0, 0.05) is 11.3 Å². The van der Waals surface area contributed by atoms with Crippen LogP contribution in [0.5, 0.6) is 0 Å². The number of amides is 2. The van der Waals surface area contributed by atoms with E-state index in [-0.39, 0.29) is 18.4 Å². The Labute approximate surface area is 169 Å². The second-order valence-electron chi connectivity index (χ2n) is 7.05. The van der Waals surface area contributed by atoms with Crippen LogP contribution in [0.1, 0.15) is 16.7 Å². The maximum Gasteiger partial charge on any atom is 0.278 e. The molecule has 0 fully saturated rings. The topological polar surface area (TPSA) is 61.8 Å². The number of hydrogen-bond acceptors (Lipinski definition) is 3. The molecule has 2 amide bonds. The van der Waals surface area contributed by atoms with Crippen LogP contribution in [-0.4, -0.2) is 24.1 Å². The van der Waals surface area contributed by atoms with Gasteiger partial charge in [0.15, 0.2) is 0 Å². The van der Waals surface area contributed by atoms with Crippen molar-refractivity contribution in [2.75, 3.05) is 16.8 Å². The number of carbonyl (C=O) groups excluding carboxylic acids is 2. The minimum absolute atomic E-state index is 0.0728. The predicted octanol–water partition coefficient (Wildman–Crippen LogP) is 4.41. The van der Waals surface area contributed by atoms with Gasteiger partial charge in [0.2, 0.25) is 5.91 Å². The average Bonchev–Trinajstić information content (AvgIpc) is 2.97. The Balaban J connectivity index is 1.59. The van der Waals surface area contributed by atoms with Crippen molar-refractivity contribution in [1.82, 2.24) is 0 Å². The fourth-order valence-corrected chi connectivity index (χ4v) is 3.32. The molecule has 4 rings (SSSR count). The molecule has 0 bridgehead atoms. The van der Waals surface area contributed by atoms with E-state index in [1.54, 1.807) is 0 Å². The van der Waals surface area contributed by atoms with E-state index in [0.29, 0.717) is 17.1 Å². The lowest BCUT2D eigenvalue weighted by atomic mass is 10.1. The molecule has 1 aliphatic heterocycles. The number of benzene rings is 3. The Bertz CT molecular complexity index is 1120. The van der Waals surface area contributed by atoms with Gasteiger partial charge in [0.25, 0.3) is 5.91 Å². The fourth-order valence-electron chi connectivity index (χ4n) is 3.32. The summed E-state index contributed by atoms with van der Waals surface area (Å²) in [5.41, 5.74) is 5.47. The summed E-state index contributed by atoms with van der Waals surface area (Å²) in [5.74, 6) is -0.525. The van der Waals surface area contributed by atoms with Crippen LogP contribution in [0.15, 0.2) is 77.8 Å². The zero-order valence-corrected chi connectivity index (χ0v) is 16.3. The van der Waals surface area contributed by atoms with Crippen molar-refractivity contribution in [1.29, 1.82) is 0 Å². The lowest BCUT2D eigenvalue weighted by Gasteiger charge is -2.16. The van der Waals surface area contributed by atoms with Gasteiger partial charge in [-0.1, -0.05) is 42.5 Å². The van der Waals surface area contributed by atoms with Gasteiger partial charge >= 0.3 is 0 Å². The molecule has 0 aromatic heterocycles. The Morgan fingerprint density at radius 2 is 1.66 bits per heavy atom. The monoisotopic (exact) mass is 383 g/mol. The van der Waals surface area contributed by atoms with Crippen molar-refractivity contribution in [2.24, 2.45) is 4.99 Å². The molecule has 3 aromatic rings. The van der Waals surface area contributed by atoms with Crippen LogP contribution in [0.2, 0.25) is 0 Å². The van der Waals surface area contributed by atoms with E-state index >= 15 is 0 Å². The minimum atomic E-state index is -0.273. The highest BCUT2D eigenvalue weighted by Crippen LogP contribution is 2.30. The number of carbonyl (C=O) groups is 2. The normalized spacial score (nSPS) is 14.2. The molecule has 0 saturated heterocycles. The molecule has 3 aromatic carbocycles. The molecule has 1 heterocycles. The molecule has 0 saturated carbocycles. The third-order valence-corrected chi connectivity index (χ3v) is 4.99. The number of anilines is 2. The van der Waals surface area contributed by atoms with Crippen LogP contribution in [0.25, 0.3) is 0 Å². The number of aliphatic imine (C=N–C) groups is 1. The van der Waals surface area contributed by atoms with Crippen LogP contribution < -0.4 is 10.2 Å². The van der Waals surface area contributed by atoms with Gasteiger partial charge in [-0.05, 0) is 55.3 Å². The Morgan fingerprint density at radius 1 is 0.931 bits per heavy atom. The molecule has 1 N–H and O–H groups in total. The Hall–Kier alpha value is -3.73. The molecule has 0 radical (unpaired) electrons. The molecule has 144 valence electrons. The van der Waals surface area contributed by atoms with Crippen LogP contribution in [0.4, 0.5) is 17.1 Å². The van der Waals surface area contributed by atoms with E-state index in [9.17, 15) is 9.59 Å². The first-order valence-electron chi connectivity index (χ1n) is 9.45. The van der Waals surface area contributed by atoms with Crippen LogP contribution in [-0.2, 0) is 9.59 Å². The molecule has 5 heteroatoms. The van der Waals surface area contributed by atoms with Gasteiger partial charge in [-0.3, -0.25) is 14.5 Å². The Morgan fingerprint density at radius 3 is 2.41 bits per heavy atom. The number of fused-ring (bicyclic) bond motifs is 1. The zero-order chi connectivity index (χ0) is 20.4. The van der Waals surface area contributed by atoms with Crippen LogP contribution in [0, 0.1) is 13.8 Å². The first-order valence-corrected chi connectivity index (χ1v) is 9.45. The highest BCUT2D eigenvalue weighted by Gasteiger charge is 2.34. The van der Waals surface area contributed by atoms with E-state index in [2.05, 4.69) is 10.3 Å². The van der Waals surface area contributed by atoms with Crippen molar-refractivity contribution in [3.05, 3.63) is 89.5 Å². The molecule has 29 heavy (non-hydrogen) atoms. The van der Waals surface area contributed by atoms with E-state index in [0.717, 1.165) is 22.4 Å². The third kappa shape index (κ3) is 3.80. The van der Waals surface area contributed by atoms with E-state index < -0.39 is 0 Å². The summed E-state index contributed by atoms with van der Waals surface area (Å²) < 4.78 is 0. The molecule has 0 atom stereocenters. The average molecular weight is 383 g/mol. The summed E-state index contributed by atoms with van der Waals surface area (Å²) in [6, 6.07) is 22.5. The maximum atomic E-state index is 13.1. The summed E-state index contributed by atoms with van der Waals surface area (Å²) in [7, 11) is 0. The van der Waals surface area contributed by atoms with E-state index in [1.165, 1.54) is 4.90 Å². The predicted molar refractivity (Wildman–Crippen MR) is 116 cm³/mol. The van der Waals surface area contributed by atoms with Gasteiger partial charge in [-0.15, -0.1) is 0 Å². The second kappa shape index (κ2) is 7.72. The minimum Gasteiger partial charge on any atom is -0.325 e. The van der Waals surface area contributed by atoms with Crippen molar-refractivity contribution in [2.45, 2.75) is 13.8 Å². The smallest absolute Gasteiger partial charge is 0.278 e. The van der Waals surface area contributed by atoms with Crippen molar-refractivity contribution in [3.8, 4) is 0 Å². The number of aryl methyl sites for hydroxylation is 2. The number of hydrogen-bond donors (Lipinski definition) is 1. The lowest BCUT2D eigenvalue weighted by Crippen LogP contribution is -2.37. The second-order valence-corrected chi connectivity index (χ2v) is 7.05. The number of para-hydroxylation sites is 2. The largest absolute Gasteiger partial charge is 0.325 e.